The first-order valence-electron chi connectivity index (χ1n) is 12.2. The van der Waals surface area contributed by atoms with E-state index in [4.69, 9.17) is 9.72 Å². The van der Waals surface area contributed by atoms with Crippen molar-refractivity contribution in [3.63, 3.8) is 0 Å². The number of hydrogen-bond donors (Lipinski definition) is 0. The SMILES string of the molecule is CCC(C)(C)c1nc2cc(C(=O)N3C[C@@H](C)O[C@@H](C)C3)ccc2n1CC1CCCCC1. The highest BCUT2D eigenvalue weighted by Crippen LogP contribution is 2.33. The smallest absolute Gasteiger partial charge is 0.254 e. The fraction of sp³-hybridized carbons (Fsp3) is 0.692. The zero-order valence-corrected chi connectivity index (χ0v) is 20.0. The van der Waals surface area contributed by atoms with Crippen LogP contribution in [-0.4, -0.2) is 45.7 Å². The zero-order valence-electron chi connectivity index (χ0n) is 20.0. The summed E-state index contributed by atoms with van der Waals surface area (Å²) >= 11 is 0. The Kier molecular flexibility index (Phi) is 6.43. The number of carbonyl (C=O) groups is 1. The molecule has 1 saturated carbocycles. The highest BCUT2D eigenvalue weighted by molar-refractivity contribution is 5.97. The monoisotopic (exact) mass is 425 g/mol. The van der Waals surface area contributed by atoms with Gasteiger partial charge in [0.05, 0.1) is 23.2 Å². The molecule has 1 aliphatic heterocycles. The molecule has 1 aliphatic carbocycles. The van der Waals surface area contributed by atoms with Gasteiger partial charge in [-0.15, -0.1) is 0 Å². The number of imidazole rings is 1. The van der Waals surface area contributed by atoms with Crippen molar-refractivity contribution in [1.29, 1.82) is 0 Å². The fourth-order valence-corrected chi connectivity index (χ4v) is 5.28. The summed E-state index contributed by atoms with van der Waals surface area (Å²) in [7, 11) is 0. The standard InChI is InChI=1S/C26H39N3O2/c1-6-26(4,5)25-27-22-14-21(24(30)28-15-18(2)31-19(3)16-28)12-13-23(22)29(25)17-20-10-8-7-9-11-20/h12-14,18-20H,6-11,15-17H2,1-5H3/t18-,19+. The van der Waals surface area contributed by atoms with E-state index in [1.807, 2.05) is 30.9 Å². The van der Waals surface area contributed by atoms with Crippen molar-refractivity contribution in [2.24, 2.45) is 5.92 Å². The van der Waals surface area contributed by atoms with Crippen LogP contribution in [0.15, 0.2) is 18.2 Å². The number of carbonyl (C=O) groups excluding carboxylic acids is 1. The van der Waals surface area contributed by atoms with Gasteiger partial charge in [-0.25, -0.2) is 4.98 Å². The number of rotatable bonds is 5. The van der Waals surface area contributed by atoms with Gasteiger partial charge in [0.25, 0.3) is 5.91 Å². The predicted octanol–water partition coefficient (Wildman–Crippen LogP) is 5.55. The molecule has 2 aromatic rings. The molecule has 2 fully saturated rings. The van der Waals surface area contributed by atoms with E-state index in [0.717, 1.165) is 35.8 Å². The van der Waals surface area contributed by atoms with E-state index < -0.39 is 0 Å². The van der Waals surface area contributed by atoms with Crippen molar-refractivity contribution < 1.29 is 9.53 Å². The quantitative estimate of drug-likeness (QED) is 0.631. The molecule has 0 spiro atoms. The molecule has 2 heterocycles. The third-order valence-electron chi connectivity index (χ3n) is 7.36. The van der Waals surface area contributed by atoms with Gasteiger partial charge in [-0.2, -0.15) is 0 Å². The Morgan fingerprint density at radius 1 is 1.13 bits per heavy atom. The van der Waals surface area contributed by atoms with Crippen LogP contribution in [0.25, 0.3) is 11.0 Å². The Hall–Kier alpha value is -1.88. The molecule has 5 heteroatoms. The Balaban J connectivity index is 1.68. The Bertz CT molecular complexity index is 916. The summed E-state index contributed by atoms with van der Waals surface area (Å²) in [4.78, 5) is 20.3. The number of amides is 1. The van der Waals surface area contributed by atoms with Crippen LogP contribution in [0, 0.1) is 5.92 Å². The third kappa shape index (κ3) is 4.67. The first kappa shape index (κ1) is 22.3. The maximum Gasteiger partial charge on any atom is 0.254 e. The minimum atomic E-state index is 0.00688. The molecule has 0 N–H and O–H groups in total. The molecule has 170 valence electrons. The highest BCUT2D eigenvalue weighted by Gasteiger charge is 2.30. The molecule has 2 aliphatic rings. The van der Waals surface area contributed by atoms with Crippen LogP contribution in [0.3, 0.4) is 0 Å². The van der Waals surface area contributed by atoms with Gasteiger partial charge in [0.15, 0.2) is 0 Å². The Morgan fingerprint density at radius 3 is 2.45 bits per heavy atom. The lowest BCUT2D eigenvalue weighted by molar-refractivity contribution is -0.0586. The molecule has 0 bridgehead atoms. The topological polar surface area (TPSA) is 47.4 Å². The third-order valence-corrected chi connectivity index (χ3v) is 7.36. The maximum atomic E-state index is 13.2. The lowest BCUT2D eigenvalue weighted by atomic mass is 9.87. The minimum Gasteiger partial charge on any atom is -0.372 e. The van der Waals surface area contributed by atoms with E-state index in [1.165, 1.54) is 37.6 Å². The molecular weight excluding hydrogens is 386 g/mol. The molecule has 5 nitrogen and oxygen atoms in total. The first-order chi connectivity index (χ1) is 14.8. The van der Waals surface area contributed by atoms with Crippen molar-refractivity contribution >= 4 is 16.9 Å². The van der Waals surface area contributed by atoms with E-state index >= 15 is 0 Å². The number of fused-ring (bicyclic) bond motifs is 1. The summed E-state index contributed by atoms with van der Waals surface area (Å²) in [5.41, 5.74) is 2.86. The van der Waals surface area contributed by atoms with Gasteiger partial charge in [-0.1, -0.05) is 40.0 Å². The molecular formula is C26H39N3O2. The predicted molar refractivity (Wildman–Crippen MR) is 126 cm³/mol. The molecule has 0 radical (unpaired) electrons. The second-order valence-corrected chi connectivity index (χ2v) is 10.5. The van der Waals surface area contributed by atoms with E-state index in [-0.39, 0.29) is 23.5 Å². The van der Waals surface area contributed by atoms with Crippen molar-refractivity contribution in [3.05, 3.63) is 29.6 Å². The summed E-state index contributed by atoms with van der Waals surface area (Å²) in [6.45, 7) is 13.2. The fourth-order valence-electron chi connectivity index (χ4n) is 5.28. The second kappa shape index (κ2) is 8.93. The maximum absolute atomic E-state index is 13.2. The zero-order chi connectivity index (χ0) is 22.2. The largest absolute Gasteiger partial charge is 0.372 e. The molecule has 4 rings (SSSR count). The molecule has 1 saturated heterocycles. The summed E-state index contributed by atoms with van der Waals surface area (Å²) in [6, 6.07) is 6.13. The van der Waals surface area contributed by atoms with Crippen LogP contribution in [0.5, 0.6) is 0 Å². The highest BCUT2D eigenvalue weighted by atomic mass is 16.5. The van der Waals surface area contributed by atoms with Crippen LogP contribution in [-0.2, 0) is 16.7 Å². The lowest BCUT2D eigenvalue weighted by Gasteiger charge is -2.35. The van der Waals surface area contributed by atoms with E-state index in [1.54, 1.807) is 0 Å². The number of benzene rings is 1. The molecule has 1 aromatic carbocycles. The number of hydrogen-bond acceptors (Lipinski definition) is 3. The van der Waals surface area contributed by atoms with Crippen molar-refractivity contribution in [1.82, 2.24) is 14.5 Å². The van der Waals surface area contributed by atoms with Gasteiger partial charge < -0.3 is 14.2 Å². The van der Waals surface area contributed by atoms with Crippen molar-refractivity contribution in [2.75, 3.05) is 13.1 Å². The van der Waals surface area contributed by atoms with Crippen LogP contribution in [0.4, 0.5) is 0 Å². The number of ether oxygens (including phenoxy) is 1. The number of aromatic nitrogens is 2. The summed E-state index contributed by atoms with van der Waals surface area (Å²) < 4.78 is 8.26. The van der Waals surface area contributed by atoms with Crippen LogP contribution >= 0.6 is 0 Å². The van der Waals surface area contributed by atoms with E-state index in [0.29, 0.717) is 13.1 Å². The number of nitrogens with zero attached hydrogens (tertiary/aromatic N) is 3. The van der Waals surface area contributed by atoms with Gasteiger partial charge in [-0.3, -0.25) is 4.79 Å². The van der Waals surface area contributed by atoms with Crippen LogP contribution < -0.4 is 0 Å². The average Bonchev–Trinajstić information content (AvgIpc) is 3.11. The normalized spacial score (nSPS) is 23.5. The van der Waals surface area contributed by atoms with Crippen molar-refractivity contribution in [2.45, 2.75) is 97.3 Å². The molecule has 0 unspecified atom stereocenters. The van der Waals surface area contributed by atoms with Gasteiger partial charge in [0.2, 0.25) is 0 Å². The van der Waals surface area contributed by atoms with Gasteiger partial charge in [0.1, 0.15) is 5.82 Å². The Morgan fingerprint density at radius 2 is 1.81 bits per heavy atom. The Labute approximate surface area is 187 Å². The summed E-state index contributed by atoms with van der Waals surface area (Å²) in [6.07, 6.45) is 7.88. The van der Waals surface area contributed by atoms with Crippen LogP contribution in [0.2, 0.25) is 0 Å². The molecule has 31 heavy (non-hydrogen) atoms. The minimum absolute atomic E-state index is 0.00688. The van der Waals surface area contributed by atoms with Crippen molar-refractivity contribution in [3.8, 4) is 0 Å². The molecule has 2 atom stereocenters. The van der Waals surface area contributed by atoms with Crippen LogP contribution in [0.1, 0.15) is 89.3 Å². The van der Waals surface area contributed by atoms with E-state index in [2.05, 4.69) is 31.4 Å². The molecule has 1 aromatic heterocycles. The van der Waals surface area contributed by atoms with Gasteiger partial charge >= 0.3 is 0 Å². The van der Waals surface area contributed by atoms with Gasteiger partial charge in [-0.05, 0) is 57.2 Å². The average molecular weight is 426 g/mol. The molecule has 1 amide bonds. The lowest BCUT2D eigenvalue weighted by Crippen LogP contribution is -2.48. The second-order valence-electron chi connectivity index (χ2n) is 10.5. The summed E-state index contributed by atoms with van der Waals surface area (Å²) in [5, 5.41) is 0. The van der Waals surface area contributed by atoms with E-state index in [9.17, 15) is 4.79 Å². The number of morpholine rings is 1. The summed E-state index contributed by atoms with van der Waals surface area (Å²) in [5.74, 6) is 1.98. The first-order valence-corrected chi connectivity index (χ1v) is 12.2. The van der Waals surface area contributed by atoms with Gasteiger partial charge in [0, 0.05) is 30.6 Å².